The van der Waals surface area contributed by atoms with Gasteiger partial charge in [-0.3, -0.25) is 0 Å². The van der Waals surface area contributed by atoms with Crippen molar-refractivity contribution in [2.45, 2.75) is 45.4 Å². The zero-order valence-corrected chi connectivity index (χ0v) is 10.6. The first-order valence-electron chi connectivity index (χ1n) is 6.33. The minimum absolute atomic E-state index is 0.237. The normalized spacial score (nSPS) is 18.1. The Bertz CT molecular complexity index is 358. The van der Waals surface area contributed by atoms with E-state index < -0.39 is 0 Å². The molecule has 0 radical (unpaired) electrons. The lowest BCUT2D eigenvalue weighted by Gasteiger charge is -2.41. The average molecular weight is 239 g/mol. The van der Waals surface area contributed by atoms with Gasteiger partial charge in [-0.15, -0.1) is 0 Å². The summed E-state index contributed by atoms with van der Waals surface area (Å²) in [6, 6.07) is 0.498. The quantitative estimate of drug-likeness (QED) is 0.796. The third-order valence-corrected chi connectivity index (χ3v) is 3.63. The van der Waals surface area contributed by atoms with Crippen molar-refractivity contribution in [3.63, 3.8) is 0 Å². The summed E-state index contributed by atoms with van der Waals surface area (Å²) in [5.74, 6) is 1.02. The maximum absolute atomic E-state index is 9.06. The topological polar surface area (TPSA) is 71.2 Å². The van der Waals surface area contributed by atoms with Crippen molar-refractivity contribution >= 4 is 6.01 Å². The van der Waals surface area contributed by atoms with Crippen LogP contribution >= 0.6 is 0 Å². The summed E-state index contributed by atoms with van der Waals surface area (Å²) in [5, 5.41) is 16.2. The van der Waals surface area contributed by atoms with E-state index >= 15 is 0 Å². The maximum atomic E-state index is 9.06. The van der Waals surface area contributed by atoms with Gasteiger partial charge >= 0.3 is 6.01 Å². The van der Waals surface area contributed by atoms with Crippen LogP contribution in [0.2, 0.25) is 0 Å². The zero-order valence-electron chi connectivity index (χ0n) is 10.6. The van der Waals surface area contributed by atoms with Crippen LogP contribution < -0.4 is 5.32 Å². The number of anilines is 1. The van der Waals surface area contributed by atoms with Crippen LogP contribution in [-0.2, 0) is 0 Å². The smallest absolute Gasteiger partial charge is 0.321 e. The van der Waals surface area contributed by atoms with Crippen LogP contribution in [0.1, 0.15) is 51.3 Å². The van der Waals surface area contributed by atoms with Crippen LogP contribution in [-0.4, -0.2) is 28.4 Å². The van der Waals surface area contributed by atoms with E-state index in [1.165, 1.54) is 19.3 Å². The van der Waals surface area contributed by atoms with Crippen molar-refractivity contribution in [2.24, 2.45) is 5.41 Å². The lowest BCUT2D eigenvalue weighted by molar-refractivity contribution is 0.101. The van der Waals surface area contributed by atoms with E-state index in [4.69, 9.17) is 9.63 Å². The summed E-state index contributed by atoms with van der Waals surface area (Å²) < 4.78 is 5.13. The molecule has 1 fully saturated rings. The molecular weight excluding hydrogens is 218 g/mol. The molecule has 5 heteroatoms. The van der Waals surface area contributed by atoms with Crippen molar-refractivity contribution in [1.82, 2.24) is 10.1 Å². The first-order valence-corrected chi connectivity index (χ1v) is 6.33. The SMILES string of the molecule is CC(C)c1noc(NCC2(CCO)CCC2)n1. The molecule has 1 aromatic rings. The predicted octanol–water partition coefficient (Wildman–Crippen LogP) is 2.16. The van der Waals surface area contributed by atoms with Gasteiger partial charge in [-0.25, -0.2) is 0 Å². The lowest BCUT2D eigenvalue weighted by Crippen LogP contribution is -2.37. The fourth-order valence-electron chi connectivity index (χ4n) is 2.23. The van der Waals surface area contributed by atoms with Gasteiger partial charge in [0.05, 0.1) is 0 Å². The average Bonchev–Trinajstić information content (AvgIpc) is 2.70. The van der Waals surface area contributed by atoms with E-state index in [-0.39, 0.29) is 17.9 Å². The molecule has 1 aliphatic rings. The molecule has 96 valence electrons. The molecule has 17 heavy (non-hydrogen) atoms. The Morgan fingerprint density at radius 2 is 2.24 bits per heavy atom. The van der Waals surface area contributed by atoms with Gasteiger partial charge in [0, 0.05) is 19.1 Å². The van der Waals surface area contributed by atoms with Gasteiger partial charge in [-0.1, -0.05) is 25.4 Å². The van der Waals surface area contributed by atoms with Crippen LogP contribution in [0, 0.1) is 5.41 Å². The van der Waals surface area contributed by atoms with Crippen molar-refractivity contribution in [3.05, 3.63) is 5.82 Å². The molecule has 0 aromatic carbocycles. The number of hydrogen-bond acceptors (Lipinski definition) is 5. The highest BCUT2D eigenvalue weighted by Crippen LogP contribution is 2.43. The molecule has 1 heterocycles. The molecule has 2 rings (SSSR count). The number of aromatic nitrogens is 2. The van der Waals surface area contributed by atoms with E-state index in [1.807, 2.05) is 13.8 Å². The number of aliphatic hydroxyl groups is 1. The molecule has 5 nitrogen and oxygen atoms in total. The fourth-order valence-corrected chi connectivity index (χ4v) is 2.23. The Hall–Kier alpha value is -1.10. The van der Waals surface area contributed by atoms with Crippen LogP contribution in [0.4, 0.5) is 6.01 Å². The Labute approximate surface area is 102 Å². The number of hydrogen-bond donors (Lipinski definition) is 2. The summed E-state index contributed by atoms with van der Waals surface area (Å²) >= 11 is 0. The van der Waals surface area contributed by atoms with Crippen LogP contribution in [0.3, 0.4) is 0 Å². The Balaban J connectivity index is 1.88. The predicted molar refractivity (Wildman–Crippen MR) is 64.9 cm³/mol. The molecule has 1 aliphatic carbocycles. The van der Waals surface area contributed by atoms with E-state index in [0.29, 0.717) is 6.01 Å². The molecule has 2 N–H and O–H groups in total. The maximum Gasteiger partial charge on any atom is 0.321 e. The van der Waals surface area contributed by atoms with Crippen LogP contribution in [0.15, 0.2) is 4.52 Å². The number of rotatable bonds is 6. The number of nitrogens with zero attached hydrogens (tertiary/aromatic N) is 2. The molecule has 1 aromatic heterocycles. The minimum Gasteiger partial charge on any atom is -0.396 e. The number of aliphatic hydroxyl groups excluding tert-OH is 1. The van der Waals surface area contributed by atoms with Crippen molar-refractivity contribution in [3.8, 4) is 0 Å². The molecule has 1 saturated carbocycles. The first-order chi connectivity index (χ1) is 8.15. The van der Waals surface area contributed by atoms with E-state index in [1.54, 1.807) is 0 Å². The van der Waals surface area contributed by atoms with Gasteiger partial charge in [-0.05, 0) is 24.7 Å². The fraction of sp³-hybridized carbons (Fsp3) is 0.833. The second-order valence-corrected chi connectivity index (χ2v) is 5.29. The second kappa shape index (κ2) is 5.04. The first kappa shape index (κ1) is 12.4. The Morgan fingerprint density at radius 3 is 2.71 bits per heavy atom. The second-order valence-electron chi connectivity index (χ2n) is 5.29. The summed E-state index contributed by atoms with van der Waals surface area (Å²) in [6.07, 6.45) is 4.45. The molecular formula is C12H21N3O2. The third-order valence-electron chi connectivity index (χ3n) is 3.63. The van der Waals surface area contributed by atoms with Gasteiger partial charge in [0.15, 0.2) is 5.82 Å². The molecule has 0 aliphatic heterocycles. The summed E-state index contributed by atoms with van der Waals surface area (Å²) in [6.45, 7) is 5.14. The van der Waals surface area contributed by atoms with E-state index in [2.05, 4.69) is 15.5 Å². The van der Waals surface area contributed by atoms with Crippen molar-refractivity contribution in [2.75, 3.05) is 18.5 Å². The largest absolute Gasteiger partial charge is 0.396 e. The van der Waals surface area contributed by atoms with Crippen LogP contribution in [0.5, 0.6) is 0 Å². The summed E-state index contributed by atoms with van der Waals surface area (Å²) in [7, 11) is 0. The molecule has 0 bridgehead atoms. The van der Waals surface area contributed by atoms with Gasteiger partial charge in [0.25, 0.3) is 0 Å². The molecule has 0 amide bonds. The zero-order chi connectivity index (χ0) is 12.3. The minimum atomic E-state index is 0.237. The molecule has 0 spiro atoms. The van der Waals surface area contributed by atoms with Gasteiger partial charge < -0.3 is 14.9 Å². The highest BCUT2D eigenvalue weighted by molar-refractivity contribution is 5.20. The Kier molecular flexibility index (Phi) is 3.66. The van der Waals surface area contributed by atoms with Gasteiger partial charge in [0.2, 0.25) is 0 Å². The molecule has 0 unspecified atom stereocenters. The third kappa shape index (κ3) is 2.77. The summed E-state index contributed by atoms with van der Waals surface area (Å²) in [4.78, 5) is 4.28. The summed E-state index contributed by atoms with van der Waals surface area (Å²) in [5.41, 5.74) is 0.237. The number of nitrogens with one attached hydrogen (secondary N) is 1. The van der Waals surface area contributed by atoms with Crippen molar-refractivity contribution < 1.29 is 9.63 Å². The highest BCUT2D eigenvalue weighted by atomic mass is 16.5. The molecule has 0 saturated heterocycles. The van der Waals surface area contributed by atoms with E-state index in [0.717, 1.165) is 18.8 Å². The Morgan fingerprint density at radius 1 is 1.47 bits per heavy atom. The monoisotopic (exact) mass is 239 g/mol. The highest BCUT2D eigenvalue weighted by Gasteiger charge is 2.36. The van der Waals surface area contributed by atoms with Gasteiger partial charge in [-0.2, -0.15) is 4.98 Å². The standard InChI is InChI=1S/C12H21N3O2/c1-9(2)10-14-11(17-15-10)13-8-12(6-7-16)4-3-5-12/h9,16H,3-8H2,1-2H3,(H,13,14,15). The van der Waals surface area contributed by atoms with E-state index in [9.17, 15) is 0 Å². The molecule has 0 atom stereocenters. The lowest BCUT2D eigenvalue weighted by atomic mass is 9.67. The van der Waals surface area contributed by atoms with Crippen LogP contribution in [0.25, 0.3) is 0 Å². The van der Waals surface area contributed by atoms with Gasteiger partial charge in [0.1, 0.15) is 0 Å². The van der Waals surface area contributed by atoms with Crippen molar-refractivity contribution in [1.29, 1.82) is 0 Å².